The number of hydrogen-bond acceptors (Lipinski definition) is 3. The number of fused-ring (bicyclic) bond motifs is 3. The first-order chi connectivity index (χ1) is 54.0. The van der Waals surface area contributed by atoms with Crippen LogP contribution in [0.25, 0.3) is 112 Å². The highest BCUT2D eigenvalue weighted by atomic mass is 15.1. The van der Waals surface area contributed by atoms with E-state index >= 15 is 0 Å². The first-order valence-electron chi connectivity index (χ1n) is 40.2. The van der Waals surface area contributed by atoms with E-state index in [2.05, 4.69) is 381 Å². The van der Waals surface area contributed by atoms with Crippen LogP contribution in [0.3, 0.4) is 0 Å². The molecule has 12 aromatic carbocycles. The van der Waals surface area contributed by atoms with Crippen molar-refractivity contribution >= 4 is 21.8 Å². The van der Waals surface area contributed by atoms with Crippen molar-refractivity contribution in [2.45, 2.75) is 151 Å². The van der Waals surface area contributed by atoms with Gasteiger partial charge in [-0.1, -0.05) is 271 Å². The molecular weight excluding hydrogens is 1350 g/mol. The average molecular weight is 1450 g/mol. The smallest absolute Gasteiger partial charge is 0.144 e. The lowest BCUT2D eigenvalue weighted by Crippen LogP contribution is -2.08. The normalized spacial score (nSPS) is 11.9. The number of nitrogens with zero attached hydrogens (tertiary/aromatic N) is 7. The van der Waals surface area contributed by atoms with Crippen LogP contribution in [0, 0.1) is 0 Å². The lowest BCUT2D eigenvalue weighted by Gasteiger charge is -2.23. The van der Waals surface area contributed by atoms with Crippen molar-refractivity contribution in [2.24, 2.45) is 0 Å². The maximum absolute atomic E-state index is 5.05. The molecule has 7 heteroatoms. The Morgan fingerprint density at radius 2 is 0.514 bits per heavy atom. The van der Waals surface area contributed by atoms with Crippen molar-refractivity contribution in [2.75, 3.05) is 0 Å². The first-order valence-corrected chi connectivity index (χ1v) is 40.2. The van der Waals surface area contributed by atoms with Gasteiger partial charge in [-0.3, -0.25) is 13.7 Å². The fourth-order valence-corrected chi connectivity index (χ4v) is 16.7. The van der Waals surface area contributed by atoms with E-state index in [-0.39, 0.29) is 0 Å². The molecule has 0 saturated carbocycles. The second-order valence-electron chi connectivity index (χ2n) is 32.4. The van der Waals surface area contributed by atoms with Crippen molar-refractivity contribution < 1.29 is 0 Å². The average Bonchev–Trinajstić information content (AvgIpc) is 0.907. The standard InChI is InChI=1S/C104H101N7/c1-67(2)89-61-85(79-22-16-13-17-23-79)62-90(68(3)4)99(89)108-55-52-105-102(108)82-42-32-73(33-43-82)28-29-75-38-48-88(49-39-75)111-97-50-40-77(31-30-74-34-44-83(45-35-74)103-106-53-56-109(103)100-91(69(5)6)63-86(64-92(100)70(7)8)80-24-18-14-19-25-80)59-95(97)96-60-78(41-51-98(96)111)58-76-36-46-84(47-37-76)104-107-54-57-110(104)101-93(71(9)10)65-87(66-94(101)72(11)12)81-26-20-15-21-27-81/h13-27,32-57,59-72H,28-31,58H2,1-12H3. The topological polar surface area (TPSA) is 58.4 Å². The van der Waals surface area contributed by atoms with E-state index in [1.165, 1.54) is 139 Å². The van der Waals surface area contributed by atoms with Crippen molar-refractivity contribution in [3.05, 3.63) is 365 Å². The summed E-state index contributed by atoms with van der Waals surface area (Å²) in [6.07, 6.45) is 16.8. The number of aromatic nitrogens is 7. The van der Waals surface area contributed by atoms with Crippen LogP contribution in [0.5, 0.6) is 0 Å². The Bertz CT molecular complexity index is 5850. The van der Waals surface area contributed by atoms with Gasteiger partial charge in [0, 0.05) is 70.3 Å². The molecular formula is C104H101N7. The van der Waals surface area contributed by atoms with Gasteiger partial charge in [-0.15, -0.1) is 0 Å². The van der Waals surface area contributed by atoms with Gasteiger partial charge in [0.15, 0.2) is 0 Å². The van der Waals surface area contributed by atoms with Crippen LogP contribution >= 0.6 is 0 Å². The Morgan fingerprint density at radius 3 is 0.829 bits per heavy atom. The monoisotopic (exact) mass is 1450 g/mol. The molecule has 0 fully saturated rings. The van der Waals surface area contributed by atoms with Crippen molar-refractivity contribution in [3.63, 3.8) is 0 Å². The predicted octanol–water partition coefficient (Wildman–Crippen LogP) is 27.2. The summed E-state index contributed by atoms with van der Waals surface area (Å²) in [4.78, 5) is 15.1. The molecule has 111 heavy (non-hydrogen) atoms. The molecule has 0 amide bonds. The molecule has 0 N–H and O–H groups in total. The van der Waals surface area contributed by atoms with Gasteiger partial charge >= 0.3 is 0 Å². The zero-order valence-corrected chi connectivity index (χ0v) is 66.4. The van der Waals surface area contributed by atoms with Gasteiger partial charge < -0.3 is 4.57 Å². The summed E-state index contributed by atoms with van der Waals surface area (Å²) >= 11 is 0. The number of rotatable bonds is 24. The number of benzene rings is 12. The molecule has 0 atom stereocenters. The minimum atomic E-state index is 0.308. The first kappa shape index (κ1) is 73.2. The van der Waals surface area contributed by atoms with E-state index in [0.29, 0.717) is 35.5 Å². The maximum Gasteiger partial charge on any atom is 0.144 e. The molecule has 0 radical (unpaired) electrons. The van der Waals surface area contributed by atoms with Crippen LogP contribution in [0.2, 0.25) is 0 Å². The van der Waals surface area contributed by atoms with Crippen LogP contribution in [0.4, 0.5) is 0 Å². The molecule has 0 spiro atoms. The zero-order valence-electron chi connectivity index (χ0n) is 66.4. The number of aryl methyl sites for hydroxylation is 4. The van der Waals surface area contributed by atoms with Gasteiger partial charge in [0.2, 0.25) is 0 Å². The largest absolute Gasteiger partial charge is 0.309 e. The van der Waals surface area contributed by atoms with Gasteiger partial charge in [0.1, 0.15) is 17.5 Å². The van der Waals surface area contributed by atoms with E-state index < -0.39 is 0 Å². The second kappa shape index (κ2) is 31.6. The molecule has 0 aliphatic rings. The summed E-state index contributed by atoms with van der Waals surface area (Å²) in [6, 6.07) is 97.7. The third-order valence-corrected chi connectivity index (χ3v) is 22.7. The number of imidazole rings is 3. The van der Waals surface area contributed by atoms with Crippen molar-refractivity contribution in [1.82, 2.24) is 33.2 Å². The molecule has 0 bridgehead atoms. The molecule has 0 aliphatic heterocycles. The van der Waals surface area contributed by atoms with Crippen molar-refractivity contribution in [3.8, 4) is 90.3 Å². The summed E-state index contributed by atoms with van der Waals surface area (Å²) in [5.41, 5.74) is 33.8. The van der Waals surface area contributed by atoms with Crippen molar-refractivity contribution in [1.29, 1.82) is 0 Å². The highest BCUT2D eigenvalue weighted by Crippen LogP contribution is 2.43. The fraction of sp³-hybridized carbons (Fsp3) is 0.221. The summed E-state index contributed by atoms with van der Waals surface area (Å²) in [5, 5.41) is 2.53. The fourth-order valence-electron chi connectivity index (χ4n) is 16.7. The SMILES string of the molecule is CC(C)c1cc(-c2ccccc2)cc(C(C)C)c1-n1ccnc1-c1ccc(CCc2ccc(-n3c4ccc(CCc5ccc(-c6nccn6-c6c(C(C)C)cc(-c7ccccc7)cc6C(C)C)cc5)cc4c4cc(Cc5ccc(-c6nccn6-c6c(C(C)C)cc(-c7ccccc7)cc6C(C)C)cc5)ccc43)cc2)cc1. The summed E-state index contributed by atoms with van der Waals surface area (Å²) in [7, 11) is 0. The van der Waals surface area contributed by atoms with Crippen LogP contribution < -0.4 is 0 Å². The molecule has 16 rings (SSSR count). The van der Waals surface area contributed by atoms with Crippen LogP contribution in [-0.2, 0) is 32.1 Å². The Balaban J connectivity index is 0.676. The van der Waals surface area contributed by atoms with Gasteiger partial charge in [-0.2, -0.15) is 0 Å². The van der Waals surface area contributed by atoms with E-state index in [1.807, 2.05) is 18.6 Å². The summed E-state index contributed by atoms with van der Waals surface area (Å²) in [5.74, 6) is 4.76. The Labute approximate surface area is 656 Å². The minimum absolute atomic E-state index is 0.308. The maximum atomic E-state index is 5.05. The molecule has 7 nitrogen and oxygen atoms in total. The van der Waals surface area contributed by atoms with Gasteiger partial charge in [-0.05, 0) is 241 Å². The Kier molecular flexibility index (Phi) is 20.8. The highest BCUT2D eigenvalue weighted by Gasteiger charge is 2.26. The van der Waals surface area contributed by atoms with E-state index in [4.69, 9.17) is 15.0 Å². The van der Waals surface area contributed by atoms with Gasteiger partial charge in [0.25, 0.3) is 0 Å². The van der Waals surface area contributed by atoms with Gasteiger partial charge in [0.05, 0.1) is 28.1 Å². The summed E-state index contributed by atoms with van der Waals surface area (Å²) in [6.45, 7) is 27.7. The lowest BCUT2D eigenvalue weighted by molar-refractivity contribution is 0.807. The molecule has 0 aliphatic carbocycles. The predicted molar refractivity (Wildman–Crippen MR) is 466 cm³/mol. The minimum Gasteiger partial charge on any atom is -0.309 e. The lowest BCUT2D eigenvalue weighted by atomic mass is 9.88. The van der Waals surface area contributed by atoms with E-state index in [9.17, 15) is 0 Å². The summed E-state index contributed by atoms with van der Waals surface area (Å²) < 4.78 is 9.47. The number of hydrogen-bond donors (Lipinski definition) is 0. The van der Waals surface area contributed by atoms with Gasteiger partial charge in [-0.25, -0.2) is 15.0 Å². The Hall–Kier alpha value is -11.9. The molecule has 0 unspecified atom stereocenters. The van der Waals surface area contributed by atoms with E-state index in [0.717, 1.165) is 72.0 Å². The van der Waals surface area contributed by atoms with Crippen LogP contribution in [0.1, 0.15) is 185 Å². The second-order valence-corrected chi connectivity index (χ2v) is 32.4. The molecule has 0 saturated heterocycles. The van der Waals surface area contributed by atoms with E-state index in [1.54, 1.807) is 0 Å². The van der Waals surface area contributed by atoms with Crippen LogP contribution in [0.15, 0.2) is 298 Å². The van der Waals surface area contributed by atoms with Crippen LogP contribution in [-0.4, -0.2) is 33.2 Å². The third-order valence-electron chi connectivity index (χ3n) is 22.7. The molecule has 4 heterocycles. The highest BCUT2D eigenvalue weighted by molar-refractivity contribution is 6.10. The third kappa shape index (κ3) is 14.9. The molecule has 4 aromatic heterocycles. The molecule has 16 aromatic rings. The quantitative estimate of drug-likeness (QED) is 0.0606. The Morgan fingerprint density at radius 1 is 0.243 bits per heavy atom. The molecule has 552 valence electrons. The zero-order chi connectivity index (χ0) is 76.6.